The number of nitrogens with one attached hydrogen (secondary N) is 1. The second kappa shape index (κ2) is 5.80. The van der Waals surface area contributed by atoms with Crippen LogP contribution >= 0.6 is 15.9 Å². The van der Waals surface area contributed by atoms with Crippen LogP contribution in [0.2, 0.25) is 0 Å². The number of aromatic nitrogens is 4. The molecule has 116 valence electrons. The Morgan fingerprint density at radius 2 is 2.17 bits per heavy atom. The molecule has 0 aliphatic carbocycles. The molecule has 0 unspecified atom stereocenters. The third-order valence-corrected chi connectivity index (χ3v) is 4.87. The standard InChI is InChI=1S/C16H15BrN6/c17-15-4-11(9-23-16(15)12(5-18)6-21-23)13-7-20-22(10-13)14-2-1-3-19-8-14/h4,6-7,9-10,14,19H,1-3,8H2/t14-/m0/s1. The SMILES string of the molecule is N#Cc1cnn2cc(-c3cnn([C@H]4CCCNC4)c3)cc(Br)c12. The molecule has 1 N–H and O–H groups in total. The van der Waals surface area contributed by atoms with Crippen LogP contribution in [-0.2, 0) is 0 Å². The number of nitrogens with zero attached hydrogens (tertiary/aromatic N) is 5. The molecule has 0 aromatic carbocycles. The Balaban J connectivity index is 1.72. The van der Waals surface area contributed by atoms with Crippen molar-refractivity contribution in [2.75, 3.05) is 13.1 Å². The van der Waals surface area contributed by atoms with Gasteiger partial charge in [-0.25, -0.2) is 4.52 Å². The minimum atomic E-state index is 0.416. The largest absolute Gasteiger partial charge is 0.315 e. The highest BCUT2D eigenvalue weighted by molar-refractivity contribution is 9.10. The van der Waals surface area contributed by atoms with Crippen molar-refractivity contribution in [2.24, 2.45) is 0 Å². The number of halogens is 1. The predicted molar refractivity (Wildman–Crippen MR) is 90.0 cm³/mol. The van der Waals surface area contributed by atoms with Crippen molar-refractivity contribution >= 4 is 21.4 Å². The summed E-state index contributed by atoms with van der Waals surface area (Å²) in [6.07, 6.45) is 9.82. The van der Waals surface area contributed by atoms with Crippen molar-refractivity contribution in [1.82, 2.24) is 24.7 Å². The van der Waals surface area contributed by atoms with Crippen LogP contribution in [-0.4, -0.2) is 32.5 Å². The van der Waals surface area contributed by atoms with Gasteiger partial charge >= 0.3 is 0 Å². The second-order valence-electron chi connectivity index (χ2n) is 5.75. The van der Waals surface area contributed by atoms with Crippen molar-refractivity contribution < 1.29 is 0 Å². The Morgan fingerprint density at radius 1 is 1.26 bits per heavy atom. The zero-order chi connectivity index (χ0) is 15.8. The van der Waals surface area contributed by atoms with Gasteiger partial charge in [-0.05, 0) is 41.4 Å². The first kappa shape index (κ1) is 14.4. The van der Waals surface area contributed by atoms with Gasteiger partial charge in [-0.1, -0.05) is 0 Å². The fraction of sp³-hybridized carbons (Fsp3) is 0.312. The summed E-state index contributed by atoms with van der Waals surface area (Å²) in [5.41, 5.74) is 3.42. The average molecular weight is 371 g/mol. The van der Waals surface area contributed by atoms with Gasteiger partial charge in [-0.3, -0.25) is 4.68 Å². The molecule has 0 saturated carbocycles. The fourth-order valence-corrected chi connectivity index (χ4v) is 3.70. The molecule has 0 spiro atoms. The molecule has 23 heavy (non-hydrogen) atoms. The maximum absolute atomic E-state index is 9.14. The quantitative estimate of drug-likeness (QED) is 0.752. The zero-order valence-corrected chi connectivity index (χ0v) is 14.0. The summed E-state index contributed by atoms with van der Waals surface area (Å²) in [5.74, 6) is 0. The Labute approximate surface area is 141 Å². The van der Waals surface area contributed by atoms with Crippen LogP contribution < -0.4 is 5.32 Å². The highest BCUT2D eigenvalue weighted by Crippen LogP contribution is 2.29. The van der Waals surface area contributed by atoms with Crippen LogP contribution in [0.25, 0.3) is 16.6 Å². The Morgan fingerprint density at radius 3 is 2.96 bits per heavy atom. The number of hydrogen-bond donors (Lipinski definition) is 1. The number of hydrogen-bond acceptors (Lipinski definition) is 4. The Kier molecular flexibility index (Phi) is 3.63. The van der Waals surface area contributed by atoms with Crippen LogP contribution in [0.15, 0.2) is 35.3 Å². The van der Waals surface area contributed by atoms with Gasteiger partial charge in [-0.2, -0.15) is 15.5 Å². The molecule has 4 rings (SSSR count). The van der Waals surface area contributed by atoms with Gasteiger partial charge in [0.15, 0.2) is 0 Å². The van der Waals surface area contributed by atoms with Gasteiger partial charge in [0.25, 0.3) is 0 Å². The maximum atomic E-state index is 9.14. The van der Waals surface area contributed by atoms with Crippen LogP contribution in [0.3, 0.4) is 0 Å². The van der Waals surface area contributed by atoms with E-state index < -0.39 is 0 Å². The second-order valence-corrected chi connectivity index (χ2v) is 6.60. The van der Waals surface area contributed by atoms with Gasteiger partial charge in [0.1, 0.15) is 6.07 Å². The third kappa shape index (κ3) is 2.54. The molecule has 0 radical (unpaired) electrons. The number of rotatable bonds is 2. The summed E-state index contributed by atoms with van der Waals surface area (Å²) >= 11 is 3.55. The third-order valence-electron chi connectivity index (χ3n) is 4.27. The first-order chi connectivity index (χ1) is 11.3. The summed E-state index contributed by atoms with van der Waals surface area (Å²) in [7, 11) is 0. The maximum Gasteiger partial charge on any atom is 0.103 e. The lowest BCUT2D eigenvalue weighted by atomic mass is 10.1. The van der Waals surface area contributed by atoms with Crippen LogP contribution in [0.4, 0.5) is 0 Å². The van der Waals surface area contributed by atoms with Crippen molar-refractivity contribution in [3.63, 3.8) is 0 Å². The predicted octanol–water partition coefficient (Wildman–Crippen LogP) is 2.76. The molecule has 1 fully saturated rings. The first-order valence-corrected chi connectivity index (χ1v) is 8.38. The van der Waals surface area contributed by atoms with Crippen molar-refractivity contribution in [3.8, 4) is 17.2 Å². The fourth-order valence-electron chi connectivity index (χ4n) is 3.06. The van der Waals surface area contributed by atoms with Gasteiger partial charge in [0.05, 0.1) is 29.5 Å². The van der Waals surface area contributed by atoms with E-state index in [1.165, 1.54) is 6.42 Å². The van der Waals surface area contributed by atoms with E-state index in [2.05, 4.69) is 43.7 Å². The number of piperidine rings is 1. The number of pyridine rings is 1. The minimum Gasteiger partial charge on any atom is -0.315 e. The summed E-state index contributed by atoms with van der Waals surface area (Å²) in [5, 5.41) is 21.3. The van der Waals surface area contributed by atoms with Gasteiger partial charge in [0.2, 0.25) is 0 Å². The van der Waals surface area contributed by atoms with E-state index in [1.807, 2.05) is 23.1 Å². The van der Waals surface area contributed by atoms with E-state index in [4.69, 9.17) is 5.26 Å². The molecule has 1 atom stereocenters. The topological polar surface area (TPSA) is 70.9 Å². The summed E-state index contributed by atoms with van der Waals surface area (Å²) in [4.78, 5) is 0. The van der Waals surface area contributed by atoms with Gasteiger partial charge in [-0.15, -0.1) is 0 Å². The molecular formula is C16H15BrN6. The van der Waals surface area contributed by atoms with Gasteiger partial charge < -0.3 is 5.32 Å². The van der Waals surface area contributed by atoms with Crippen LogP contribution in [0.1, 0.15) is 24.4 Å². The molecule has 3 aromatic rings. The normalized spacial score (nSPS) is 18.2. The van der Waals surface area contributed by atoms with Crippen molar-refractivity contribution in [2.45, 2.75) is 18.9 Å². The molecule has 1 aliphatic heterocycles. The summed E-state index contributed by atoms with van der Waals surface area (Å²) in [6.45, 7) is 2.06. The Bertz CT molecular complexity index is 897. The van der Waals surface area contributed by atoms with Crippen LogP contribution in [0, 0.1) is 11.3 Å². The molecular weight excluding hydrogens is 356 g/mol. The lowest BCUT2D eigenvalue weighted by Crippen LogP contribution is -2.31. The monoisotopic (exact) mass is 370 g/mol. The lowest BCUT2D eigenvalue weighted by molar-refractivity contribution is 0.347. The Hall–Kier alpha value is -2.17. The molecule has 3 aromatic heterocycles. The van der Waals surface area contributed by atoms with E-state index >= 15 is 0 Å². The number of nitriles is 1. The zero-order valence-electron chi connectivity index (χ0n) is 12.4. The molecule has 1 saturated heterocycles. The molecule has 0 bridgehead atoms. The van der Waals surface area contributed by atoms with E-state index in [9.17, 15) is 0 Å². The smallest absolute Gasteiger partial charge is 0.103 e. The highest BCUT2D eigenvalue weighted by atomic mass is 79.9. The molecule has 7 heteroatoms. The number of fused-ring (bicyclic) bond motifs is 1. The van der Waals surface area contributed by atoms with Crippen molar-refractivity contribution in [3.05, 3.63) is 40.9 Å². The molecule has 4 heterocycles. The van der Waals surface area contributed by atoms with E-state index in [-0.39, 0.29) is 0 Å². The first-order valence-electron chi connectivity index (χ1n) is 7.58. The van der Waals surface area contributed by atoms with Crippen LogP contribution in [0.5, 0.6) is 0 Å². The molecule has 6 nitrogen and oxygen atoms in total. The van der Waals surface area contributed by atoms with Gasteiger partial charge in [0, 0.05) is 34.5 Å². The average Bonchev–Trinajstić information content (AvgIpc) is 3.22. The summed E-state index contributed by atoms with van der Waals surface area (Å²) in [6, 6.07) is 4.59. The summed E-state index contributed by atoms with van der Waals surface area (Å²) < 4.78 is 4.64. The highest BCUT2D eigenvalue weighted by Gasteiger charge is 2.17. The molecule has 0 amide bonds. The lowest BCUT2D eigenvalue weighted by Gasteiger charge is -2.22. The van der Waals surface area contributed by atoms with E-state index in [1.54, 1.807) is 10.7 Å². The van der Waals surface area contributed by atoms with Crippen molar-refractivity contribution in [1.29, 1.82) is 5.26 Å². The van der Waals surface area contributed by atoms with E-state index in [0.717, 1.165) is 40.6 Å². The minimum absolute atomic E-state index is 0.416. The van der Waals surface area contributed by atoms with E-state index in [0.29, 0.717) is 11.6 Å². The molecule has 1 aliphatic rings.